The van der Waals surface area contributed by atoms with Gasteiger partial charge in [-0.2, -0.15) is 0 Å². The highest BCUT2D eigenvalue weighted by Crippen LogP contribution is 2.43. The van der Waals surface area contributed by atoms with Crippen molar-refractivity contribution in [2.45, 2.75) is 28.5 Å². The minimum absolute atomic E-state index is 0.147. The Kier molecular flexibility index (Phi) is 2.46. The summed E-state index contributed by atoms with van der Waals surface area (Å²) in [5.74, 6) is -0.147. The first-order valence-electron chi connectivity index (χ1n) is 5.51. The molecule has 0 radical (unpaired) electrons. The van der Waals surface area contributed by atoms with Gasteiger partial charge in [-0.15, -0.1) is 11.8 Å². The molecule has 1 saturated heterocycles. The predicted molar refractivity (Wildman–Crippen MR) is 62.0 cm³/mol. The van der Waals surface area contributed by atoms with Crippen LogP contribution < -0.4 is 5.73 Å². The van der Waals surface area contributed by atoms with Crippen LogP contribution in [0.25, 0.3) is 0 Å². The van der Waals surface area contributed by atoms with E-state index in [0.29, 0.717) is 10.1 Å². The second-order valence-electron chi connectivity index (χ2n) is 4.58. The van der Waals surface area contributed by atoms with E-state index in [9.17, 15) is 4.39 Å². The Bertz CT molecular complexity index is 415. The van der Waals surface area contributed by atoms with E-state index in [2.05, 4.69) is 0 Å². The molecule has 0 spiro atoms. The first kappa shape index (κ1) is 10.6. The van der Waals surface area contributed by atoms with Crippen LogP contribution in [0.1, 0.15) is 18.4 Å². The third-order valence-corrected chi connectivity index (χ3v) is 4.39. The maximum atomic E-state index is 13.8. The molecule has 1 aliphatic heterocycles. The van der Waals surface area contributed by atoms with Crippen molar-refractivity contribution in [1.82, 2.24) is 0 Å². The van der Waals surface area contributed by atoms with Crippen LogP contribution in [0.5, 0.6) is 0 Å². The van der Waals surface area contributed by atoms with Crippen LogP contribution in [0.3, 0.4) is 0 Å². The minimum atomic E-state index is -0.246. The zero-order valence-corrected chi connectivity index (χ0v) is 9.73. The van der Waals surface area contributed by atoms with E-state index < -0.39 is 0 Å². The number of hydrogen-bond donors (Lipinski definition) is 1. The largest absolute Gasteiger partial charge is 0.379 e. The number of rotatable bonds is 3. The van der Waals surface area contributed by atoms with Crippen molar-refractivity contribution in [3.05, 3.63) is 29.6 Å². The Morgan fingerprint density at radius 3 is 2.62 bits per heavy atom. The van der Waals surface area contributed by atoms with Gasteiger partial charge in [-0.25, -0.2) is 4.39 Å². The van der Waals surface area contributed by atoms with Gasteiger partial charge in [0.15, 0.2) is 0 Å². The van der Waals surface area contributed by atoms with Gasteiger partial charge in [-0.3, -0.25) is 0 Å². The third-order valence-electron chi connectivity index (χ3n) is 3.20. The molecule has 1 aliphatic carbocycles. The lowest BCUT2D eigenvalue weighted by Gasteiger charge is -2.25. The molecule has 3 rings (SSSR count). The van der Waals surface area contributed by atoms with E-state index >= 15 is 0 Å². The van der Waals surface area contributed by atoms with Crippen molar-refractivity contribution in [3.63, 3.8) is 0 Å². The average Bonchev–Trinajstić information content (AvgIpc) is 2.93. The average molecular weight is 239 g/mol. The summed E-state index contributed by atoms with van der Waals surface area (Å²) >= 11 is 1.56. The smallest absolute Gasteiger partial charge is 0.137 e. The fourth-order valence-corrected chi connectivity index (χ4v) is 2.80. The Labute approximate surface area is 98.4 Å². The monoisotopic (exact) mass is 239 g/mol. The van der Waals surface area contributed by atoms with Crippen LogP contribution >= 0.6 is 11.8 Å². The van der Waals surface area contributed by atoms with E-state index in [4.69, 9.17) is 10.5 Å². The van der Waals surface area contributed by atoms with E-state index in [1.54, 1.807) is 17.8 Å². The van der Waals surface area contributed by atoms with Crippen molar-refractivity contribution in [1.29, 1.82) is 0 Å². The lowest BCUT2D eigenvalue weighted by Crippen LogP contribution is -2.30. The Hall–Kier alpha value is -0.580. The molecule has 1 heterocycles. The molecule has 0 bridgehead atoms. The molecule has 2 aliphatic rings. The van der Waals surface area contributed by atoms with Gasteiger partial charge in [-0.1, -0.05) is 6.07 Å². The van der Waals surface area contributed by atoms with E-state index in [0.717, 1.165) is 31.6 Å². The highest BCUT2D eigenvalue weighted by molar-refractivity contribution is 8.00. The lowest BCUT2D eigenvalue weighted by molar-refractivity contribution is 0.0455. The van der Waals surface area contributed by atoms with Crippen LogP contribution in [0.2, 0.25) is 0 Å². The molecule has 0 aromatic heterocycles. The minimum Gasteiger partial charge on any atom is -0.379 e. The predicted octanol–water partition coefficient (Wildman–Crippen LogP) is 2.26. The van der Waals surface area contributed by atoms with E-state index in [1.807, 2.05) is 12.1 Å². The molecule has 2 nitrogen and oxygen atoms in total. The first-order chi connectivity index (χ1) is 7.67. The first-order valence-corrected chi connectivity index (χ1v) is 6.39. The summed E-state index contributed by atoms with van der Waals surface area (Å²) in [6.45, 7) is 1.46. The summed E-state index contributed by atoms with van der Waals surface area (Å²) in [7, 11) is 0. The molecule has 86 valence electrons. The fourth-order valence-electron chi connectivity index (χ4n) is 1.79. The summed E-state index contributed by atoms with van der Waals surface area (Å²) < 4.78 is 18.9. The molecular weight excluding hydrogens is 225 g/mol. The van der Waals surface area contributed by atoms with Crippen molar-refractivity contribution >= 4 is 11.8 Å². The van der Waals surface area contributed by atoms with Crippen LogP contribution in [0.4, 0.5) is 4.39 Å². The van der Waals surface area contributed by atoms with Crippen LogP contribution in [0, 0.1) is 5.82 Å². The molecule has 2 fully saturated rings. The van der Waals surface area contributed by atoms with Gasteiger partial charge in [0.2, 0.25) is 0 Å². The molecule has 1 aromatic rings. The Morgan fingerprint density at radius 2 is 2.12 bits per heavy atom. The zero-order chi connectivity index (χ0) is 11.2. The van der Waals surface area contributed by atoms with Gasteiger partial charge in [0.1, 0.15) is 5.82 Å². The molecule has 4 heteroatoms. The number of hydrogen-bond acceptors (Lipinski definition) is 3. The van der Waals surface area contributed by atoms with Gasteiger partial charge < -0.3 is 10.5 Å². The second-order valence-corrected chi connectivity index (χ2v) is 5.92. The zero-order valence-electron chi connectivity index (χ0n) is 8.91. The SMILES string of the molecule is NC1(c2ccc(SC3COC3)c(F)c2)CC1. The van der Waals surface area contributed by atoms with Crippen molar-refractivity contribution in [2.75, 3.05) is 13.2 Å². The van der Waals surface area contributed by atoms with Crippen molar-refractivity contribution in [2.24, 2.45) is 5.73 Å². The lowest BCUT2D eigenvalue weighted by atomic mass is 10.1. The topological polar surface area (TPSA) is 35.2 Å². The standard InChI is InChI=1S/C12H14FNOS/c13-10-5-8(12(14)3-4-12)1-2-11(10)16-9-6-15-7-9/h1-2,5,9H,3-4,6-7,14H2. The maximum absolute atomic E-state index is 13.8. The number of thioether (sulfide) groups is 1. The molecule has 1 saturated carbocycles. The number of benzene rings is 1. The molecule has 0 amide bonds. The Morgan fingerprint density at radius 1 is 1.38 bits per heavy atom. The molecule has 0 atom stereocenters. The molecule has 1 aromatic carbocycles. The van der Waals surface area contributed by atoms with Gasteiger partial charge in [0.05, 0.1) is 18.5 Å². The number of halogens is 1. The Balaban J connectivity index is 1.79. The normalized spacial score (nSPS) is 22.9. The summed E-state index contributed by atoms with van der Waals surface area (Å²) in [6, 6.07) is 5.40. The van der Waals surface area contributed by atoms with Crippen LogP contribution in [-0.2, 0) is 10.3 Å². The molecule has 2 N–H and O–H groups in total. The second kappa shape index (κ2) is 3.72. The third kappa shape index (κ3) is 1.85. The van der Waals surface area contributed by atoms with Gasteiger partial charge >= 0.3 is 0 Å². The van der Waals surface area contributed by atoms with Crippen LogP contribution in [-0.4, -0.2) is 18.5 Å². The number of nitrogens with two attached hydrogens (primary N) is 1. The molecular formula is C12H14FNOS. The maximum Gasteiger partial charge on any atom is 0.137 e. The van der Waals surface area contributed by atoms with Crippen molar-refractivity contribution in [3.8, 4) is 0 Å². The van der Waals surface area contributed by atoms with E-state index in [-0.39, 0.29) is 11.4 Å². The quantitative estimate of drug-likeness (QED) is 0.878. The van der Waals surface area contributed by atoms with Gasteiger partial charge in [-0.05, 0) is 30.5 Å². The van der Waals surface area contributed by atoms with Crippen molar-refractivity contribution < 1.29 is 9.13 Å². The summed E-state index contributed by atoms with van der Waals surface area (Å²) in [6.07, 6.45) is 1.94. The van der Waals surface area contributed by atoms with Crippen LogP contribution in [0.15, 0.2) is 23.1 Å². The highest BCUT2D eigenvalue weighted by atomic mass is 32.2. The fraction of sp³-hybridized carbons (Fsp3) is 0.500. The molecule has 0 unspecified atom stereocenters. The summed E-state index contributed by atoms with van der Waals surface area (Å²) in [5, 5.41) is 0.410. The highest BCUT2D eigenvalue weighted by Gasteiger charge is 2.40. The molecule has 16 heavy (non-hydrogen) atoms. The van der Waals surface area contributed by atoms with Gasteiger partial charge in [0.25, 0.3) is 0 Å². The van der Waals surface area contributed by atoms with Gasteiger partial charge in [0, 0.05) is 10.4 Å². The summed E-state index contributed by atoms with van der Waals surface area (Å²) in [5.41, 5.74) is 6.72. The summed E-state index contributed by atoms with van der Waals surface area (Å²) in [4.78, 5) is 0.710. The number of ether oxygens (including phenoxy) is 1. The van der Waals surface area contributed by atoms with E-state index in [1.165, 1.54) is 0 Å².